The number of amides is 2. The highest BCUT2D eigenvalue weighted by Gasteiger charge is 2.32. The summed E-state index contributed by atoms with van der Waals surface area (Å²) in [6.45, 7) is 3.48. The van der Waals surface area contributed by atoms with Crippen LogP contribution in [0.1, 0.15) is 38.8 Å². The first-order chi connectivity index (χ1) is 17.9. The summed E-state index contributed by atoms with van der Waals surface area (Å²) < 4.78 is 53.3. The number of alkyl halides is 3. The van der Waals surface area contributed by atoms with Crippen LogP contribution >= 0.6 is 0 Å². The summed E-state index contributed by atoms with van der Waals surface area (Å²) in [6.07, 6.45) is -0.936. The maximum Gasteiger partial charge on any atom is 0.416 e. The highest BCUT2D eigenvalue weighted by Crippen LogP contribution is 2.31. The number of hydrogen-bond donors (Lipinski definition) is 5. The van der Waals surface area contributed by atoms with Gasteiger partial charge in [0.15, 0.2) is 5.82 Å². The van der Waals surface area contributed by atoms with Gasteiger partial charge in [-0.15, -0.1) is 0 Å². The first-order valence-corrected chi connectivity index (χ1v) is 11.1. The summed E-state index contributed by atoms with van der Waals surface area (Å²) >= 11 is 0. The first kappa shape index (κ1) is 27.7. The van der Waals surface area contributed by atoms with Gasteiger partial charge in [-0.3, -0.25) is 9.59 Å². The lowest BCUT2D eigenvalue weighted by atomic mass is 10.1. The standard InChI is InChI=1S/C26H24F4N6O2/c1-14(12-31)7-22(32)36-25(38)17-10-21(23(33-13-17)34-20-6-4-3-5-15(20)2)35-24(37)16-8-18(26(28,29)30)11-19(27)9-16/h3-13H,31-32H2,1-2H3,(H,33,34)(H,35,37)(H,36,38)/b14-12-,22-7+. The maximum absolute atomic E-state index is 13.9. The van der Waals surface area contributed by atoms with Crippen LogP contribution < -0.4 is 27.4 Å². The fraction of sp³-hybridized carbons (Fsp3) is 0.115. The topological polar surface area (TPSA) is 135 Å². The molecule has 38 heavy (non-hydrogen) atoms. The average Bonchev–Trinajstić information content (AvgIpc) is 2.85. The molecule has 2 amide bonds. The minimum absolute atomic E-state index is 0.0126. The molecule has 3 rings (SSSR count). The number of carbonyl (C=O) groups is 2. The molecule has 0 aliphatic rings. The minimum atomic E-state index is -4.86. The zero-order valence-corrected chi connectivity index (χ0v) is 20.3. The van der Waals surface area contributed by atoms with Crippen LogP contribution in [0.4, 0.5) is 34.8 Å². The van der Waals surface area contributed by atoms with Crippen LogP contribution in [0.15, 0.2) is 78.4 Å². The normalized spacial score (nSPS) is 12.2. The number of rotatable bonds is 7. The molecular formula is C26H24F4N6O2. The van der Waals surface area contributed by atoms with Crippen molar-refractivity contribution in [3.63, 3.8) is 0 Å². The van der Waals surface area contributed by atoms with Gasteiger partial charge in [0.1, 0.15) is 11.6 Å². The number of carbonyl (C=O) groups excluding carboxylic acids is 2. The molecule has 0 radical (unpaired) electrons. The Hall–Kier alpha value is -4.87. The number of aryl methyl sites for hydroxylation is 1. The van der Waals surface area contributed by atoms with Gasteiger partial charge in [0.25, 0.3) is 11.8 Å². The zero-order chi connectivity index (χ0) is 28.0. The van der Waals surface area contributed by atoms with Crippen molar-refractivity contribution in [1.29, 1.82) is 0 Å². The zero-order valence-electron chi connectivity index (χ0n) is 20.3. The Morgan fingerprint density at radius 3 is 2.37 bits per heavy atom. The van der Waals surface area contributed by atoms with Crippen LogP contribution in [0.2, 0.25) is 0 Å². The molecule has 12 heteroatoms. The quantitative estimate of drug-likeness (QED) is 0.218. The van der Waals surface area contributed by atoms with Gasteiger partial charge in [-0.2, -0.15) is 13.2 Å². The van der Waals surface area contributed by atoms with E-state index in [4.69, 9.17) is 11.5 Å². The van der Waals surface area contributed by atoms with Gasteiger partial charge in [-0.05, 0) is 67.6 Å². The van der Waals surface area contributed by atoms with E-state index in [1.165, 1.54) is 24.5 Å². The molecule has 8 nitrogen and oxygen atoms in total. The molecule has 198 valence electrons. The van der Waals surface area contributed by atoms with Crippen molar-refractivity contribution in [1.82, 2.24) is 10.3 Å². The number of pyridine rings is 1. The molecule has 0 unspecified atom stereocenters. The summed E-state index contributed by atoms with van der Waals surface area (Å²) in [5.41, 5.74) is 11.2. The van der Waals surface area contributed by atoms with Crippen LogP contribution in [0.3, 0.4) is 0 Å². The second-order valence-corrected chi connectivity index (χ2v) is 8.21. The highest BCUT2D eigenvalue weighted by molar-refractivity contribution is 6.07. The van der Waals surface area contributed by atoms with E-state index in [2.05, 4.69) is 20.9 Å². The molecule has 1 aromatic heterocycles. The van der Waals surface area contributed by atoms with Crippen molar-refractivity contribution >= 4 is 29.0 Å². The van der Waals surface area contributed by atoms with Gasteiger partial charge in [-0.1, -0.05) is 18.2 Å². The van der Waals surface area contributed by atoms with E-state index >= 15 is 0 Å². The van der Waals surface area contributed by atoms with E-state index in [9.17, 15) is 27.2 Å². The fourth-order valence-corrected chi connectivity index (χ4v) is 3.24. The number of aromatic nitrogens is 1. The van der Waals surface area contributed by atoms with Gasteiger partial charge < -0.3 is 27.4 Å². The molecule has 0 atom stereocenters. The van der Waals surface area contributed by atoms with Crippen molar-refractivity contribution in [2.75, 3.05) is 10.6 Å². The summed E-state index contributed by atoms with van der Waals surface area (Å²) in [6, 6.07) is 9.86. The lowest BCUT2D eigenvalue weighted by molar-refractivity contribution is -0.137. The second kappa shape index (κ2) is 11.5. The predicted octanol–water partition coefficient (Wildman–Crippen LogP) is 4.94. The molecule has 0 spiro atoms. The van der Waals surface area contributed by atoms with Gasteiger partial charge >= 0.3 is 6.18 Å². The van der Waals surface area contributed by atoms with E-state index in [1.54, 1.807) is 19.1 Å². The average molecular weight is 529 g/mol. The number of para-hydroxylation sites is 1. The number of nitrogens with zero attached hydrogens (tertiary/aromatic N) is 1. The molecule has 0 aliphatic heterocycles. The summed E-state index contributed by atoms with van der Waals surface area (Å²) in [4.78, 5) is 29.8. The molecular weight excluding hydrogens is 504 g/mol. The van der Waals surface area contributed by atoms with Gasteiger partial charge in [-0.25, -0.2) is 9.37 Å². The number of allylic oxidation sites excluding steroid dienone is 2. The SMILES string of the molecule is CC(=C/N)/C=C(\N)NC(=O)c1cnc(Nc2ccccc2C)c(NC(=O)c2cc(F)cc(C(F)(F)F)c2)c1. The minimum Gasteiger partial charge on any atom is -0.404 e. The van der Waals surface area contributed by atoms with Crippen LogP contribution in [0.5, 0.6) is 0 Å². The molecule has 7 N–H and O–H groups in total. The van der Waals surface area contributed by atoms with Gasteiger partial charge in [0, 0.05) is 17.4 Å². The maximum atomic E-state index is 13.9. The molecule has 0 saturated carbocycles. The monoisotopic (exact) mass is 528 g/mol. The van der Waals surface area contributed by atoms with E-state index in [-0.39, 0.29) is 29.0 Å². The molecule has 0 aliphatic carbocycles. The number of nitrogens with two attached hydrogens (primary N) is 2. The van der Waals surface area contributed by atoms with Crippen molar-refractivity contribution < 1.29 is 27.2 Å². The van der Waals surface area contributed by atoms with Crippen LogP contribution in [-0.4, -0.2) is 16.8 Å². The Balaban J connectivity index is 1.99. The van der Waals surface area contributed by atoms with E-state index < -0.39 is 34.9 Å². The molecule has 0 bridgehead atoms. The largest absolute Gasteiger partial charge is 0.416 e. The number of hydrogen-bond acceptors (Lipinski definition) is 6. The van der Waals surface area contributed by atoms with Gasteiger partial charge in [0.05, 0.1) is 16.8 Å². The molecule has 2 aromatic carbocycles. The predicted molar refractivity (Wildman–Crippen MR) is 136 cm³/mol. The molecule has 1 heterocycles. The van der Waals surface area contributed by atoms with E-state index in [0.717, 1.165) is 5.56 Å². The molecule has 3 aromatic rings. The van der Waals surface area contributed by atoms with Crippen molar-refractivity contribution in [3.8, 4) is 0 Å². The number of anilines is 3. The third kappa shape index (κ3) is 7.09. The summed E-state index contributed by atoms with van der Waals surface area (Å²) in [5.74, 6) is -2.90. The van der Waals surface area contributed by atoms with Gasteiger partial charge in [0.2, 0.25) is 0 Å². The third-order valence-electron chi connectivity index (χ3n) is 5.19. The van der Waals surface area contributed by atoms with Crippen molar-refractivity contribution in [2.24, 2.45) is 11.5 Å². The number of nitrogens with one attached hydrogen (secondary N) is 3. The second-order valence-electron chi connectivity index (χ2n) is 8.21. The Bertz CT molecular complexity index is 1430. The van der Waals surface area contributed by atoms with Crippen molar-refractivity contribution in [2.45, 2.75) is 20.0 Å². The number of halogens is 4. The molecule has 0 fully saturated rings. The lowest BCUT2D eigenvalue weighted by Crippen LogP contribution is -2.28. The Kier molecular flexibility index (Phi) is 8.36. The van der Waals surface area contributed by atoms with Crippen LogP contribution in [0.25, 0.3) is 0 Å². The Morgan fingerprint density at radius 2 is 1.71 bits per heavy atom. The number of benzene rings is 2. The van der Waals surface area contributed by atoms with Crippen LogP contribution in [0, 0.1) is 12.7 Å². The van der Waals surface area contributed by atoms with E-state index in [0.29, 0.717) is 23.4 Å². The lowest BCUT2D eigenvalue weighted by Gasteiger charge is -2.16. The first-order valence-electron chi connectivity index (χ1n) is 11.1. The van der Waals surface area contributed by atoms with E-state index in [1.807, 2.05) is 19.1 Å². The molecule has 0 saturated heterocycles. The van der Waals surface area contributed by atoms with Crippen LogP contribution in [-0.2, 0) is 6.18 Å². The fourth-order valence-electron chi connectivity index (χ4n) is 3.24. The smallest absolute Gasteiger partial charge is 0.404 e. The Labute approximate surface area is 215 Å². The van der Waals surface area contributed by atoms with Crippen molar-refractivity contribution in [3.05, 3.63) is 106 Å². The summed E-state index contributed by atoms with van der Waals surface area (Å²) in [7, 11) is 0. The Morgan fingerprint density at radius 1 is 1.00 bits per heavy atom. The third-order valence-corrected chi connectivity index (χ3v) is 5.19. The highest BCUT2D eigenvalue weighted by atomic mass is 19.4. The summed E-state index contributed by atoms with van der Waals surface area (Å²) in [5, 5.41) is 7.87.